The molecule has 0 aliphatic carbocycles. The Balaban J connectivity index is 2.82. The van der Waals surface area contributed by atoms with Crippen LogP contribution in [0.25, 0.3) is 0 Å². The summed E-state index contributed by atoms with van der Waals surface area (Å²) in [6.45, 7) is 4.62. The van der Waals surface area contributed by atoms with Crippen LogP contribution in [-0.4, -0.2) is 13.1 Å². The Hall–Kier alpha value is -0.900. The number of rotatable bonds is 5. The summed E-state index contributed by atoms with van der Waals surface area (Å²) in [7, 11) is 0. The van der Waals surface area contributed by atoms with Crippen molar-refractivity contribution in [3.63, 3.8) is 0 Å². The van der Waals surface area contributed by atoms with E-state index in [2.05, 4.69) is 11.9 Å². The molecule has 2 nitrogen and oxygen atoms in total. The van der Waals surface area contributed by atoms with Gasteiger partial charge in [-0.2, -0.15) is 0 Å². The largest absolute Gasteiger partial charge is 0.329 e. The van der Waals surface area contributed by atoms with E-state index in [-0.39, 0.29) is 11.1 Å². The van der Waals surface area contributed by atoms with Gasteiger partial charge in [0.15, 0.2) is 0 Å². The topological polar surface area (TPSA) is 38.0 Å². The van der Waals surface area contributed by atoms with Crippen molar-refractivity contribution in [2.45, 2.75) is 6.04 Å². The predicted octanol–water partition coefficient (Wildman–Crippen LogP) is 2.25. The summed E-state index contributed by atoms with van der Waals surface area (Å²) in [5.74, 6) is -0.423. The van der Waals surface area contributed by atoms with Crippen molar-refractivity contribution in [2.24, 2.45) is 5.73 Å². The lowest BCUT2D eigenvalue weighted by molar-refractivity contribution is 0.567. The lowest BCUT2D eigenvalue weighted by Crippen LogP contribution is -2.28. The minimum Gasteiger partial charge on any atom is -0.329 e. The third-order valence-electron chi connectivity index (χ3n) is 2.09. The first-order valence-electron chi connectivity index (χ1n) is 4.68. The highest BCUT2D eigenvalue weighted by Gasteiger charge is 2.10. The van der Waals surface area contributed by atoms with Crippen molar-refractivity contribution in [3.05, 3.63) is 47.3 Å². The average molecular weight is 229 g/mol. The van der Waals surface area contributed by atoms with Gasteiger partial charge in [0.2, 0.25) is 0 Å². The molecule has 0 aliphatic heterocycles. The number of halogens is 2. The molecule has 0 heterocycles. The monoisotopic (exact) mass is 228 g/mol. The van der Waals surface area contributed by atoms with Crippen molar-refractivity contribution in [2.75, 3.05) is 13.1 Å². The molecule has 1 atom stereocenters. The molecule has 0 saturated carbocycles. The van der Waals surface area contributed by atoms with E-state index in [0.717, 1.165) is 5.56 Å². The van der Waals surface area contributed by atoms with Gasteiger partial charge in [0.25, 0.3) is 0 Å². The molecule has 0 amide bonds. The van der Waals surface area contributed by atoms with E-state index >= 15 is 0 Å². The summed E-state index contributed by atoms with van der Waals surface area (Å²) in [4.78, 5) is 0. The zero-order chi connectivity index (χ0) is 11.3. The van der Waals surface area contributed by atoms with Gasteiger partial charge in [-0.15, -0.1) is 6.58 Å². The summed E-state index contributed by atoms with van der Waals surface area (Å²) >= 11 is 5.59. The van der Waals surface area contributed by atoms with Crippen LogP contribution in [-0.2, 0) is 0 Å². The third kappa shape index (κ3) is 3.30. The van der Waals surface area contributed by atoms with Gasteiger partial charge in [0.1, 0.15) is 5.82 Å². The van der Waals surface area contributed by atoms with Crippen LogP contribution < -0.4 is 11.1 Å². The summed E-state index contributed by atoms with van der Waals surface area (Å²) in [6.07, 6.45) is 1.73. The summed E-state index contributed by atoms with van der Waals surface area (Å²) < 4.78 is 13.2. The van der Waals surface area contributed by atoms with Crippen molar-refractivity contribution >= 4 is 11.6 Å². The normalized spacial score (nSPS) is 12.5. The molecule has 0 bridgehead atoms. The second kappa shape index (κ2) is 5.85. The molecular weight excluding hydrogens is 215 g/mol. The van der Waals surface area contributed by atoms with Crippen LogP contribution in [0.15, 0.2) is 30.9 Å². The number of nitrogens with one attached hydrogen (secondary N) is 1. The fourth-order valence-corrected chi connectivity index (χ4v) is 1.41. The molecule has 0 saturated heterocycles. The zero-order valence-electron chi connectivity index (χ0n) is 8.34. The molecule has 1 rings (SSSR count). The van der Waals surface area contributed by atoms with Gasteiger partial charge in [0.05, 0.1) is 5.02 Å². The Kier molecular flexibility index (Phi) is 4.75. The average Bonchev–Trinajstić information content (AvgIpc) is 2.24. The number of hydrogen-bond acceptors (Lipinski definition) is 2. The van der Waals surface area contributed by atoms with Crippen molar-refractivity contribution < 1.29 is 4.39 Å². The van der Waals surface area contributed by atoms with Gasteiger partial charge in [-0.25, -0.2) is 4.39 Å². The van der Waals surface area contributed by atoms with Gasteiger partial charge in [-0.1, -0.05) is 23.7 Å². The molecule has 15 heavy (non-hydrogen) atoms. The molecule has 82 valence electrons. The minimum absolute atomic E-state index is 0.0743. The highest BCUT2D eigenvalue weighted by atomic mass is 35.5. The standard InChI is InChI=1S/C11H14ClFN2/c1-2-5-15-11(7-14)8-3-4-9(12)10(13)6-8/h2-4,6,11,15H,1,5,7,14H2. The van der Waals surface area contributed by atoms with Crippen LogP contribution in [0.5, 0.6) is 0 Å². The molecule has 4 heteroatoms. The Morgan fingerprint density at radius 3 is 2.87 bits per heavy atom. The Morgan fingerprint density at radius 1 is 1.60 bits per heavy atom. The van der Waals surface area contributed by atoms with E-state index in [1.807, 2.05) is 0 Å². The molecule has 0 radical (unpaired) electrons. The first-order valence-corrected chi connectivity index (χ1v) is 5.06. The molecule has 1 unspecified atom stereocenters. The molecule has 0 aliphatic rings. The van der Waals surface area contributed by atoms with Crippen LogP contribution >= 0.6 is 11.6 Å². The Bertz CT molecular complexity index is 341. The van der Waals surface area contributed by atoms with Crippen LogP contribution in [0, 0.1) is 5.82 Å². The van der Waals surface area contributed by atoms with Crippen LogP contribution in [0.2, 0.25) is 5.02 Å². The molecule has 1 aromatic rings. The summed E-state index contributed by atoms with van der Waals surface area (Å²) in [5.41, 5.74) is 6.37. The van der Waals surface area contributed by atoms with Gasteiger partial charge in [-0.05, 0) is 17.7 Å². The minimum atomic E-state index is -0.423. The first-order chi connectivity index (χ1) is 7.19. The molecular formula is C11H14ClFN2. The number of benzene rings is 1. The molecule has 0 spiro atoms. The van der Waals surface area contributed by atoms with Crippen molar-refractivity contribution in [1.29, 1.82) is 0 Å². The van der Waals surface area contributed by atoms with E-state index in [1.165, 1.54) is 12.1 Å². The number of hydrogen-bond donors (Lipinski definition) is 2. The molecule has 0 fully saturated rings. The third-order valence-corrected chi connectivity index (χ3v) is 2.40. The molecule has 0 aromatic heterocycles. The fourth-order valence-electron chi connectivity index (χ4n) is 1.29. The van der Waals surface area contributed by atoms with Crippen molar-refractivity contribution in [1.82, 2.24) is 5.32 Å². The highest BCUT2D eigenvalue weighted by molar-refractivity contribution is 6.30. The van der Waals surface area contributed by atoms with Crippen LogP contribution in [0.3, 0.4) is 0 Å². The zero-order valence-corrected chi connectivity index (χ0v) is 9.10. The Morgan fingerprint density at radius 2 is 2.33 bits per heavy atom. The Labute approximate surface area is 93.9 Å². The predicted molar refractivity (Wildman–Crippen MR) is 61.4 cm³/mol. The lowest BCUT2D eigenvalue weighted by atomic mass is 10.1. The maximum absolute atomic E-state index is 13.2. The van der Waals surface area contributed by atoms with Gasteiger partial charge < -0.3 is 11.1 Å². The van der Waals surface area contributed by atoms with Gasteiger partial charge >= 0.3 is 0 Å². The molecule has 1 aromatic carbocycles. The van der Waals surface area contributed by atoms with Gasteiger partial charge in [-0.3, -0.25) is 0 Å². The SMILES string of the molecule is C=CCNC(CN)c1ccc(Cl)c(F)c1. The smallest absolute Gasteiger partial charge is 0.142 e. The fraction of sp³-hybridized carbons (Fsp3) is 0.273. The highest BCUT2D eigenvalue weighted by Crippen LogP contribution is 2.19. The van der Waals surface area contributed by atoms with E-state index in [1.54, 1.807) is 12.1 Å². The van der Waals surface area contributed by atoms with Crippen LogP contribution in [0.1, 0.15) is 11.6 Å². The van der Waals surface area contributed by atoms with E-state index in [0.29, 0.717) is 13.1 Å². The van der Waals surface area contributed by atoms with E-state index in [9.17, 15) is 4.39 Å². The maximum atomic E-state index is 13.2. The quantitative estimate of drug-likeness (QED) is 0.759. The van der Waals surface area contributed by atoms with Crippen molar-refractivity contribution in [3.8, 4) is 0 Å². The summed E-state index contributed by atoms with van der Waals surface area (Å²) in [5, 5.41) is 3.25. The molecule has 3 N–H and O–H groups in total. The lowest BCUT2D eigenvalue weighted by Gasteiger charge is -2.16. The van der Waals surface area contributed by atoms with E-state index < -0.39 is 5.82 Å². The second-order valence-corrected chi connectivity index (χ2v) is 3.57. The van der Waals surface area contributed by atoms with Crippen LogP contribution in [0.4, 0.5) is 4.39 Å². The van der Waals surface area contributed by atoms with E-state index in [4.69, 9.17) is 17.3 Å². The first kappa shape index (κ1) is 12.2. The number of nitrogens with two attached hydrogens (primary N) is 1. The summed E-state index contributed by atoms with van der Waals surface area (Å²) in [6, 6.07) is 4.62. The maximum Gasteiger partial charge on any atom is 0.142 e. The second-order valence-electron chi connectivity index (χ2n) is 3.16. The van der Waals surface area contributed by atoms with Gasteiger partial charge in [0, 0.05) is 19.1 Å².